The van der Waals surface area contributed by atoms with Crippen molar-refractivity contribution in [1.29, 1.82) is 0 Å². The normalized spacial score (nSPS) is 16.7. The zero-order valence-corrected chi connectivity index (χ0v) is 24.7. The lowest BCUT2D eigenvalue weighted by Gasteiger charge is -2.30. The maximum atomic E-state index is 13.5. The van der Waals surface area contributed by atoms with E-state index in [0.717, 1.165) is 5.57 Å². The molecule has 2 amide bonds. The van der Waals surface area contributed by atoms with Gasteiger partial charge in [0.15, 0.2) is 17.3 Å². The average Bonchev–Trinajstić information content (AvgIpc) is 3.58. The third-order valence-corrected chi connectivity index (χ3v) is 6.34. The fourth-order valence-electron chi connectivity index (χ4n) is 4.52. The molecule has 0 bridgehead atoms. The highest BCUT2D eigenvalue weighted by molar-refractivity contribution is 6.10. The third-order valence-electron chi connectivity index (χ3n) is 6.34. The van der Waals surface area contributed by atoms with Crippen LogP contribution in [0.15, 0.2) is 47.0 Å². The van der Waals surface area contributed by atoms with Crippen LogP contribution in [-0.4, -0.2) is 62.6 Å². The number of hydrogen-bond donors (Lipinski definition) is 0. The maximum Gasteiger partial charge on any atom is 0.425 e. The van der Waals surface area contributed by atoms with Crippen LogP contribution >= 0.6 is 0 Å². The van der Waals surface area contributed by atoms with Crippen LogP contribution in [0.2, 0.25) is 0 Å². The van der Waals surface area contributed by atoms with Crippen LogP contribution in [0.25, 0.3) is 28.6 Å². The average molecular weight is 578 g/mol. The molecule has 1 saturated heterocycles. The van der Waals surface area contributed by atoms with Gasteiger partial charge in [-0.25, -0.2) is 19.6 Å². The summed E-state index contributed by atoms with van der Waals surface area (Å²) >= 11 is 0. The van der Waals surface area contributed by atoms with Crippen LogP contribution in [0, 0.1) is 0 Å². The van der Waals surface area contributed by atoms with Crippen LogP contribution < -0.4 is 4.90 Å². The molecule has 3 heterocycles. The minimum Gasteiger partial charge on any atom is -0.443 e. The third kappa shape index (κ3) is 6.66. The lowest BCUT2D eigenvalue weighted by Crippen LogP contribution is -2.44. The van der Waals surface area contributed by atoms with Gasteiger partial charge in [-0.15, -0.1) is 10.2 Å². The van der Waals surface area contributed by atoms with Gasteiger partial charge in [0.2, 0.25) is 5.89 Å². The van der Waals surface area contributed by atoms with Gasteiger partial charge < -0.3 is 23.4 Å². The van der Waals surface area contributed by atoms with Crippen molar-refractivity contribution >= 4 is 23.6 Å². The summed E-state index contributed by atoms with van der Waals surface area (Å²) in [4.78, 5) is 37.0. The van der Waals surface area contributed by atoms with Crippen molar-refractivity contribution in [3.63, 3.8) is 0 Å². The first-order valence-corrected chi connectivity index (χ1v) is 13.8. The molecule has 0 N–H and O–H groups in total. The van der Waals surface area contributed by atoms with Crippen LogP contribution in [0.3, 0.4) is 0 Å². The molecule has 3 aromatic rings. The molecule has 1 fully saturated rings. The lowest BCUT2D eigenvalue weighted by atomic mass is 9.92. The van der Waals surface area contributed by atoms with Gasteiger partial charge in [-0.1, -0.05) is 24.3 Å². The summed E-state index contributed by atoms with van der Waals surface area (Å²) in [6.07, 6.45) is 3.35. The summed E-state index contributed by atoms with van der Waals surface area (Å²) in [6, 6.07) is 9.21. The highest BCUT2D eigenvalue weighted by Gasteiger charge is 2.39. The molecule has 2 aromatic heterocycles. The first-order chi connectivity index (χ1) is 19.8. The van der Waals surface area contributed by atoms with Crippen molar-refractivity contribution in [2.24, 2.45) is 0 Å². The van der Waals surface area contributed by atoms with E-state index in [9.17, 15) is 9.59 Å². The summed E-state index contributed by atoms with van der Waals surface area (Å²) in [5.74, 6) is -0.577. The molecular weight excluding hydrogens is 542 g/mol. The number of hydrogen-bond acceptors (Lipinski definition) is 11. The number of anilines is 1. The van der Waals surface area contributed by atoms with Gasteiger partial charge in [0.25, 0.3) is 5.89 Å². The number of ether oxygens (including phenoxy) is 4. The zero-order valence-electron chi connectivity index (χ0n) is 24.7. The number of nitrogens with zero attached hydrogens (tertiary/aromatic N) is 5. The molecule has 5 rings (SSSR count). The van der Waals surface area contributed by atoms with E-state index in [2.05, 4.69) is 15.2 Å². The molecule has 0 saturated carbocycles. The van der Waals surface area contributed by atoms with Crippen molar-refractivity contribution in [1.82, 2.24) is 20.2 Å². The second-order valence-electron chi connectivity index (χ2n) is 12.0. The first kappa shape index (κ1) is 29.3. The van der Waals surface area contributed by atoms with Crippen molar-refractivity contribution in [2.45, 2.75) is 77.8 Å². The predicted octanol–water partition coefficient (Wildman–Crippen LogP) is 6.18. The topological polar surface area (TPSA) is 139 Å². The number of imide groups is 1. The number of allylic oxidation sites excluding steroid dienone is 1. The Hall–Kier alpha value is -4.16. The molecule has 0 unspecified atom stereocenters. The number of amides is 2. The predicted molar refractivity (Wildman–Crippen MR) is 152 cm³/mol. The van der Waals surface area contributed by atoms with Gasteiger partial charge >= 0.3 is 12.2 Å². The number of carbonyl (C=O) groups is 2. The summed E-state index contributed by atoms with van der Waals surface area (Å²) in [6.45, 7) is 11.3. The Morgan fingerprint density at radius 2 is 1.52 bits per heavy atom. The molecule has 1 aromatic carbocycles. The molecule has 1 aliphatic heterocycles. The van der Waals surface area contributed by atoms with Gasteiger partial charge in [-0.2, -0.15) is 4.90 Å². The summed E-state index contributed by atoms with van der Waals surface area (Å²) < 4.78 is 28.8. The van der Waals surface area contributed by atoms with E-state index in [1.165, 1.54) is 6.20 Å². The molecule has 42 heavy (non-hydrogen) atoms. The summed E-state index contributed by atoms with van der Waals surface area (Å²) in [5.41, 5.74) is 0.313. The van der Waals surface area contributed by atoms with E-state index in [1.54, 1.807) is 41.5 Å². The number of carbonyl (C=O) groups excluding carboxylic acids is 2. The summed E-state index contributed by atoms with van der Waals surface area (Å²) in [5, 5.41) is 8.39. The molecule has 0 atom stereocenters. The molecule has 222 valence electrons. The number of aromatic nitrogens is 4. The smallest absolute Gasteiger partial charge is 0.425 e. The largest absolute Gasteiger partial charge is 0.443 e. The Balaban J connectivity index is 1.60. The number of benzene rings is 1. The lowest BCUT2D eigenvalue weighted by molar-refractivity contribution is -0.159. The fourth-order valence-corrected chi connectivity index (χ4v) is 4.52. The number of rotatable bonds is 4. The van der Waals surface area contributed by atoms with E-state index < -0.39 is 29.2 Å². The molecule has 0 radical (unpaired) electrons. The molecule has 1 spiro atoms. The van der Waals surface area contributed by atoms with Crippen molar-refractivity contribution in [3.05, 3.63) is 48.3 Å². The van der Waals surface area contributed by atoms with E-state index in [1.807, 2.05) is 36.4 Å². The van der Waals surface area contributed by atoms with E-state index in [0.29, 0.717) is 48.6 Å². The standard InChI is InChI=1S/C30H35N5O7/c1-28(2,3)41-26(36)35(27(37)42-29(4,5)6)23-22(25-34-33-24(40-25)20-10-8-7-9-11-20)32-21(18-31-23)19-12-14-30(15-13-19)38-16-17-39-30/h7-12,18H,13-17H2,1-6H3. The van der Waals surface area contributed by atoms with E-state index >= 15 is 0 Å². The SMILES string of the molecule is CC(C)(C)OC(=O)N(C(=O)OC(C)(C)C)c1ncc(C2=CCC3(CC2)OCCO3)nc1-c1nnc(-c2ccccc2)o1. The van der Waals surface area contributed by atoms with Gasteiger partial charge in [0.05, 0.1) is 25.1 Å². The minimum absolute atomic E-state index is 0.0217. The fraction of sp³-hybridized carbons (Fsp3) is 0.467. The highest BCUT2D eigenvalue weighted by Crippen LogP contribution is 2.39. The Morgan fingerprint density at radius 3 is 2.10 bits per heavy atom. The monoisotopic (exact) mass is 577 g/mol. The van der Waals surface area contributed by atoms with Crippen molar-refractivity contribution in [2.75, 3.05) is 18.1 Å². The summed E-state index contributed by atoms with van der Waals surface area (Å²) in [7, 11) is 0. The highest BCUT2D eigenvalue weighted by atomic mass is 16.7. The van der Waals surface area contributed by atoms with E-state index in [4.69, 9.17) is 28.3 Å². The Kier molecular flexibility index (Phi) is 7.86. The van der Waals surface area contributed by atoms with Crippen LogP contribution in [0.1, 0.15) is 66.5 Å². The Morgan fingerprint density at radius 1 is 0.905 bits per heavy atom. The van der Waals surface area contributed by atoms with Crippen molar-refractivity contribution < 1.29 is 33.0 Å². The van der Waals surface area contributed by atoms with Gasteiger partial charge in [-0.3, -0.25) is 0 Å². The van der Waals surface area contributed by atoms with E-state index in [-0.39, 0.29) is 23.3 Å². The first-order valence-electron chi connectivity index (χ1n) is 13.8. The maximum absolute atomic E-state index is 13.5. The van der Waals surface area contributed by atoms with Crippen LogP contribution in [-0.2, 0) is 18.9 Å². The second-order valence-corrected chi connectivity index (χ2v) is 12.0. The van der Waals surface area contributed by atoms with Gasteiger partial charge in [0.1, 0.15) is 11.2 Å². The molecule has 2 aliphatic rings. The molecule has 1 aliphatic carbocycles. The quantitative estimate of drug-likeness (QED) is 0.351. The molecule has 12 heteroatoms. The zero-order chi connectivity index (χ0) is 30.1. The second kappa shape index (κ2) is 11.3. The Labute approximate surface area is 244 Å². The van der Waals surface area contributed by atoms with Gasteiger partial charge in [-0.05, 0) is 65.7 Å². The van der Waals surface area contributed by atoms with Gasteiger partial charge in [0, 0.05) is 18.4 Å². The minimum atomic E-state index is -0.989. The molecule has 12 nitrogen and oxygen atoms in total. The Bertz CT molecular complexity index is 1450. The van der Waals surface area contributed by atoms with Crippen molar-refractivity contribution in [3.8, 4) is 23.0 Å². The van der Waals surface area contributed by atoms with Crippen LogP contribution in [0.5, 0.6) is 0 Å². The van der Waals surface area contributed by atoms with Crippen LogP contribution in [0.4, 0.5) is 15.4 Å². The molecular formula is C30H35N5O7.